The van der Waals surface area contributed by atoms with E-state index in [2.05, 4.69) is 5.32 Å². The van der Waals surface area contributed by atoms with Crippen LogP contribution in [0.15, 0.2) is 24.3 Å². The molecule has 0 aromatic heterocycles. The predicted octanol–water partition coefficient (Wildman–Crippen LogP) is 2.75. The maximum atomic E-state index is 13.9. The Bertz CT molecular complexity index is 908. The molecule has 1 heterocycles. The van der Waals surface area contributed by atoms with Gasteiger partial charge in [-0.15, -0.1) is 0 Å². The van der Waals surface area contributed by atoms with Crippen LogP contribution >= 0.6 is 0 Å². The van der Waals surface area contributed by atoms with Crippen LogP contribution in [-0.2, 0) is 15.4 Å². The number of amides is 2. The van der Waals surface area contributed by atoms with Gasteiger partial charge in [-0.3, -0.25) is 0 Å². The Kier molecular flexibility index (Phi) is 5.60. The number of rotatable bonds is 7. The first kappa shape index (κ1) is 21.6. The Morgan fingerprint density at radius 2 is 1.90 bits per heavy atom. The monoisotopic (exact) mass is 437 g/mol. The quantitative estimate of drug-likeness (QED) is 0.712. The molecular weight excluding hydrogens is 405 g/mol. The lowest BCUT2D eigenvalue weighted by Crippen LogP contribution is -2.55. The maximum absolute atomic E-state index is 13.9. The van der Waals surface area contributed by atoms with E-state index in [1.54, 1.807) is 17.0 Å². The molecule has 166 valence electrons. The van der Waals surface area contributed by atoms with Gasteiger partial charge in [0.1, 0.15) is 15.7 Å². The Hall–Kier alpha value is -1.67. The van der Waals surface area contributed by atoms with Crippen LogP contribution in [0.2, 0.25) is 0 Å². The lowest BCUT2D eigenvalue weighted by molar-refractivity contribution is 0.0748. The fourth-order valence-corrected chi connectivity index (χ4v) is 5.75. The van der Waals surface area contributed by atoms with Gasteiger partial charge in [-0.05, 0) is 69.2 Å². The van der Waals surface area contributed by atoms with Crippen LogP contribution < -0.4 is 5.32 Å². The highest BCUT2D eigenvalue weighted by molar-refractivity contribution is 7.90. The number of halogens is 1. The van der Waals surface area contributed by atoms with Gasteiger partial charge in [0.25, 0.3) is 0 Å². The normalized spacial score (nSPS) is 29.8. The third-order valence-corrected chi connectivity index (χ3v) is 8.24. The SMILES string of the molecule is CN[C@]1(c2cccc(F)c2)CC[C@]2(CC1)CN(CCS(C)(=O)=O)C(=O)N2CC1CC1. The van der Waals surface area contributed by atoms with Crippen molar-refractivity contribution in [2.24, 2.45) is 5.92 Å². The van der Waals surface area contributed by atoms with Gasteiger partial charge in [-0.25, -0.2) is 17.6 Å². The topological polar surface area (TPSA) is 69.7 Å². The summed E-state index contributed by atoms with van der Waals surface area (Å²) in [5, 5.41) is 3.44. The zero-order valence-corrected chi connectivity index (χ0v) is 18.7. The fourth-order valence-electron chi connectivity index (χ4n) is 5.20. The van der Waals surface area contributed by atoms with Gasteiger partial charge in [-0.2, -0.15) is 0 Å². The predicted molar refractivity (Wildman–Crippen MR) is 114 cm³/mol. The number of nitrogens with one attached hydrogen (secondary N) is 1. The number of hydrogen-bond acceptors (Lipinski definition) is 4. The lowest BCUT2D eigenvalue weighted by atomic mass is 9.69. The van der Waals surface area contributed by atoms with Crippen LogP contribution in [0, 0.1) is 11.7 Å². The van der Waals surface area contributed by atoms with E-state index < -0.39 is 9.84 Å². The van der Waals surface area contributed by atoms with Crippen molar-refractivity contribution in [3.8, 4) is 0 Å². The van der Waals surface area contributed by atoms with Gasteiger partial charge in [0.2, 0.25) is 0 Å². The smallest absolute Gasteiger partial charge is 0.320 e. The number of benzene rings is 1. The number of carbonyl (C=O) groups is 1. The van der Waals surface area contributed by atoms with Crippen LogP contribution in [0.1, 0.15) is 44.1 Å². The first-order chi connectivity index (χ1) is 14.2. The van der Waals surface area contributed by atoms with Crippen molar-refractivity contribution in [1.82, 2.24) is 15.1 Å². The molecule has 2 saturated carbocycles. The van der Waals surface area contributed by atoms with E-state index in [1.807, 2.05) is 18.0 Å². The molecule has 0 radical (unpaired) electrons. The third-order valence-electron chi connectivity index (χ3n) is 7.32. The first-order valence-corrected chi connectivity index (χ1v) is 12.9. The molecule has 1 aromatic rings. The molecular formula is C22H32FN3O3S. The highest BCUT2D eigenvalue weighted by Crippen LogP contribution is 2.48. The second-order valence-electron chi connectivity index (χ2n) is 9.45. The van der Waals surface area contributed by atoms with Crippen LogP contribution in [0.4, 0.5) is 9.18 Å². The molecule has 0 unspecified atom stereocenters. The van der Waals surface area contributed by atoms with Gasteiger partial charge < -0.3 is 15.1 Å². The minimum Gasteiger partial charge on any atom is -0.321 e. The van der Waals surface area contributed by atoms with Crippen LogP contribution in [0.25, 0.3) is 0 Å². The summed E-state index contributed by atoms with van der Waals surface area (Å²) in [6.45, 7) is 1.60. The molecule has 8 heteroatoms. The maximum Gasteiger partial charge on any atom is 0.320 e. The lowest BCUT2D eigenvalue weighted by Gasteiger charge is -2.48. The van der Waals surface area contributed by atoms with Crippen molar-refractivity contribution in [1.29, 1.82) is 0 Å². The fraction of sp³-hybridized carbons (Fsp3) is 0.682. The molecule has 2 aliphatic carbocycles. The Morgan fingerprint density at radius 3 is 2.47 bits per heavy atom. The van der Waals surface area contributed by atoms with E-state index in [4.69, 9.17) is 0 Å². The summed E-state index contributed by atoms with van der Waals surface area (Å²) in [4.78, 5) is 17.0. The highest BCUT2D eigenvalue weighted by Gasteiger charge is 2.54. The molecule has 3 aliphatic rings. The second kappa shape index (κ2) is 7.79. The summed E-state index contributed by atoms with van der Waals surface area (Å²) in [5.41, 5.74) is 0.388. The van der Waals surface area contributed by atoms with E-state index in [1.165, 1.54) is 12.3 Å². The molecule has 4 rings (SSSR count). The summed E-state index contributed by atoms with van der Waals surface area (Å²) < 4.78 is 37.2. The molecule has 0 bridgehead atoms. The zero-order valence-electron chi connectivity index (χ0n) is 17.9. The molecule has 1 spiro atoms. The number of hydrogen-bond donors (Lipinski definition) is 1. The van der Waals surface area contributed by atoms with Crippen LogP contribution in [-0.4, -0.2) is 68.5 Å². The number of nitrogens with zero attached hydrogens (tertiary/aromatic N) is 2. The number of sulfone groups is 1. The number of carbonyl (C=O) groups excluding carboxylic acids is 1. The molecule has 6 nitrogen and oxygen atoms in total. The van der Waals surface area contributed by atoms with Crippen molar-refractivity contribution in [2.75, 3.05) is 38.7 Å². The molecule has 1 saturated heterocycles. The minimum absolute atomic E-state index is 0.00413. The zero-order chi connectivity index (χ0) is 21.6. The van der Waals surface area contributed by atoms with E-state index in [0.29, 0.717) is 12.5 Å². The first-order valence-electron chi connectivity index (χ1n) is 10.9. The van der Waals surface area contributed by atoms with Gasteiger partial charge in [0.15, 0.2) is 0 Å². The standard InChI is InChI=1S/C22H32FN3O3S/c1-24-22(18-4-3-5-19(23)14-18)10-8-21(9-11-22)16-25(12-13-30(2,28)29)20(27)26(21)15-17-6-7-17/h3-5,14,17,24H,6-13,15-16H2,1-2H3/t21-,22+. The Labute approximate surface area is 178 Å². The molecule has 2 amide bonds. The van der Waals surface area contributed by atoms with E-state index >= 15 is 0 Å². The molecule has 1 N–H and O–H groups in total. The summed E-state index contributed by atoms with van der Waals surface area (Å²) in [6, 6.07) is 6.77. The summed E-state index contributed by atoms with van der Waals surface area (Å²) in [6.07, 6.45) is 6.78. The summed E-state index contributed by atoms with van der Waals surface area (Å²) in [5.74, 6) is 0.330. The average Bonchev–Trinajstić information content (AvgIpc) is 3.49. The Balaban J connectivity index is 1.55. The van der Waals surface area contributed by atoms with E-state index in [0.717, 1.165) is 50.6 Å². The van der Waals surface area contributed by atoms with Gasteiger partial charge in [-0.1, -0.05) is 12.1 Å². The van der Waals surface area contributed by atoms with Gasteiger partial charge >= 0.3 is 6.03 Å². The molecule has 0 atom stereocenters. The van der Waals surface area contributed by atoms with Gasteiger partial charge in [0.05, 0.1) is 11.3 Å². The minimum atomic E-state index is -3.13. The van der Waals surface area contributed by atoms with Crippen molar-refractivity contribution in [2.45, 2.75) is 49.6 Å². The van der Waals surface area contributed by atoms with Crippen molar-refractivity contribution >= 4 is 15.9 Å². The van der Waals surface area contributed by atoms with Gasteiger partial charge in [0, 0.05) is 31.4 Å². The van der Waals surface area contributed by atoms with Crippen LogP contribution in [0.5, 0.6) is 0 Å². The number of urea groups is 1. The van der Waals surface area contributed by atoms with Crippen molar-refractivity contribution < 1.29 is 17.6 Å². The molecule has 1 aromatic carbocycles. The highest BCUT2D eigenvalue weighted by atomic mass is 32.2. The molecule has 30 heavy (non-hydrogen) atoms. The van der Waals surface area contributed by atoms with E-state index in [-0.39, 0.29) is 35.2 Å². The van der Waals surface area contributed by atoms with E-state index in [9.17, 15) is 17.6 Å². The van der Waals surface area contributed by atoms with Crippen LogP contribution in [0.3, 0.4) is 0 Å². The third kappa shape index (κ3) is 4.21. The molecule has 1 aliphatic heterocycles. The Morgan fingerprint density at radius 1 is 1.20 bits per heavy atom. The average molecular weight is 438 g/mol. The van der Waals surface area contributed by atoms with Crippen molar-refractivity contribution in [3.63, 3.8) is 0 Å². The summed E-state index contributed by atoms with van der Waals surface area (Å²) >= 11 is 0. The summed E-state index contributed by atoms with van der Waals surface area (Å²) in [7, 11) is -1.21. The van der Waals surface area contributed by atoms with Crippen molar-refractivity contribution in [3.05, 3.63) is 35.6 Å². The molecule has 3 fully saturated rings. The second-order valence-corrected chi connectivity index (χ2v) is 11.7. The largest absolute Gasteiger partial charge is 0.321 e.